The van der Waals surface area contributed by atoms with Gasteiger partial charge in [-0.1, -0.05) is 0 Å². The molecule has 1 fully saturated rings. The minimum Gasteiger partial charge on any atom is -0.481 e. The fourth-order valence-electron chi connectivity index (χ4n) is 2.66. The Kier molecular flexibility index (Phi) is 5.98. The Morgan fingerprint density at radius 3 is 2.38 bits per heavy atom. The van der Waals surface area contributed by atoms with Crippen molar-refractivity contribution in [3.05, 3.63) is 24.3 Å². The SMILES string of the molecule is CC(=O)Nc1ccc(S(=O)(=O)N(C)CC(=O)N2CCC(C(=O)O)C2)cc1. The Hall–Kier alpha value is -2.46. The van der Waals surface area contributed by atoms with Crippen LogP contribution in [0.5, 0.6) is 0 Å². The number of likely N-dealkylation sites (N-methyl/N-ethyl adjacent to an activating group) is 1. The van der Waals surface area contributed by atoms with Crippen molar-refractivity contribution in [3.8, 4) is 0 Å². The van der Waals surface area contributed by atoms with Crippen LogP contribution in [0.4, 0.5) is 5.69 Å². The van der Waals surface area contributed by atoms with Crippen molar-refractivity contribution >= 4 is 33.5 Å². The van der Waals surface area contributed by atoms with Crippen molar-refractivity contribution in [2.24, 2.45) is 5.92 Å². The van der Waals surface area contributed by atoms with Crippen LogP contribution in [-0.4, -0.2) is 67.2 Å². The van der Waals surface area contributed by atoms with E-state index in [2.05, 4.69) is 5.32 Å². The molecule has 1 aromatic carbocycles. The van der Waals surface area contributed by atoms with Crippen LogP contribution in [0.1, 0.15) is 13.3 Å². The summed E-state index contributed by atoms with van der Waals surface area (Å²) >= 11 is 0. The van der Waals surface area contributed by atoms with Crippen molar-refractivity contribution in [2.75, 3.05) is 32.0 Å². The van der Waals surface area contributed by atoms with Gasteiger partial charge in [-0.2, -0.15) is 4.31 Å². The lowest BCUT2D eigenvalue weighted by Gasteiger charge is -2.21. The standard InChI is InChI=1S/C16H21N3O6S/c1-11(20)17-13-3-5-14(6-4-13)26(24,25)18(2)10-15(21)19-8-7-12(9-19)16(22)23/h3-6,12H,7-10H2,1-2H3,(H,17,20)(H,22,23). The maximum absolute atomic E-state index is 12.6. The van der Waals surface area contributed by atoms with E-state index in [1.165, 1.54) is 43.1 Å². The second kappa shape index (κ2) is 7.83. The summed E-state index contributed by atoms with van der Waals surface area (Å²) in [5.41, 5.74) is 0.465. The molecule has 2 N–H and O–H groups in total. The third-order valence-corrected chi connectivity index (χ3v) is 5.95. The normalized spacial score (nSPS) is 17.3. The highest BCUT2D eigenvalue weighted by molar-refractivity contribution is 7.89. The van der Waals surface area contributed by atoms with Crippen molar-refractivity contribution in [3.63, 3.8) is 0 Å². The summed E-state index contributed by atoms with van der Waals surface area (Å²) in [4.78, 5) is 35.6. The maximum atomic E-state index is 12.6. The van der Waals surface area contributed by atoms with Crippen LogP contribution in [0.25, 0.3) is 0 Å². The average Bonchev–Trinajstić information content (AvgIpc) is 3.05. The smallest absolute Gasteiger partial charge is 0.308 e. The first-order valence-corrected chi connectivity index (χ1v) is 9.40. The monoisotopic (exact) mass is 383 g/mol. The molecule has 2 amide bonds. The minimum absolute atomic E-state index is 0.00765. The van der Waals surface area contributed by atoms with Gasteiger partial charge in [0.1, 0.15) is 0 Å². The number of carbonyl (C=O) groups excluding carboxylic acids is 2. The highest BCUT2D eigenvalue weighted by Crippen LogP contribution is 2.19. The molecule has 0 bridgehead atoms. The van der Waals surface area contributed by atoms with E-state index >= 15 is 0 Å². The zero-order chi connectivity index (χ0) is 19.5. The number of sulfonamides is 1. The van der Waals surface area contributed by atoms with Crippen molar-refractivity contribution in [1.29, 1.82) is 0 Å². The predicted octanol–water partition coefficient (Wildman–Crippen LogP) is 0.199. The van der Waals surface area contributed by atoms with Crippen LogP contribution < -0.4 is 5.32 Å². The van der Waals surface area contributed by atoms with E-state index in [4.69, 9.17) is 5.11 Å². The van der Waals surface area contributed by atoms with Crippen LogP contribution in [-0.2, 0) is 24.4 Å². The first-order chi connectivity index (χ1) is 12.1. The highest BCUT2D eigenvalue weighted by atomic mass is 32.2. The predicted molar refractivity (Wildman–Crippen MR) is 92.9 cm³/mol. The molecule has 0 aliphatic carbocycles. The van der Waals surface area contributed by atoms with Gasteiger partial charge < -0.3 is 15.3 Å². The number of aliphatic carboxylic acids is 1. The van der Waals surface area contributed by atoms with Gasteiger partial charge in [0.25, 0.3) is 0 Å². The number of anilines is 1. The van der Waals surface area contributed by atoms with Gasteiger partial charge in [-0.25, -0.2) is 8.42 Å². The first-order valence-electron chi connectivity index (χ1n) is 7.96. The average molecular weight is 383 g/mol. The molecule has 1 aliphatic rings. The van der Waals surface area contributed by atoms with Crippen LogP contribution in [0.3, 0.4) is 0 Å². The van der Waals surface area contributed by atoms with E-state index in [0.29, 0.717) is 18.7 Å². The second-order valence-electron chi connectivity index (χ2n) is 6.13. The number of carboxylic acid groups (broad SMARTS) is 1. The Morgan fingerprint density at radius 1 is 1.27 bits per heavy atom. The number of likely N-dealkylation sites (tertiary alicyclic amines) is 1. The molecule has 9 nitrogen and oxygen atoms in total. The maximum Gasteiger partial charge on any atom is 0.308 e. The van der Waals surface area contributed by atoms with Crippen molar-refractivity contribution in [2.45, 2.75) is 18.2 Å². The Bertz CT molecular complexity index is 806. The third-order valence-electron chi connectivity index (χ3n) is 4.13. The highest BCUT2D eigenvalue weighted by Gasteiger charge is 2.32. The molecule has 1 unspecified atom stereocenters. The van der Waals surface area contributed by atoms with Crippen molar-refractivity contribution in [1.82, 2.24) is 9.21 Å². The summed E-state index contributed by atoms with van der Waals surface area (Å²) in [6.07, 6.45) is 0.363. The van der Waals surface area contributed by atoms with E-state index in [1.54, 1.807) is 0 Å². The van der Waals surface area contributed by atoms with E-state index in [-0.39, 0.29) is 23.9 Å². The molecule has 0 radical (unpaired) electrons. The van der Waals surface area contributed by atoms with Gasteiger partial charge in [0, 0.05) is 32.7 Å². The number of hydrogen-bond donors (Lipinski definition) is 2. The largest absolute Gasteiger partial charge is 0.481 e. The Labute approximate surface area is 151 Å². The van der Waals surface area contributed by atoms with E-state index in [1.807, 2.05) is 0 Å². The number of nitrogens with zero attached hydrogens (tertiary/aromatic N) is 2. The molecular weight excluding hydrogens is 362 g/mol. The van der Waals surface area contributed by atoms with E-state index < -0.39 is 27.8 Å². The number of benzene rings is 1. The van der Waals surface area contributed by atoms with Crippen LogP contribution in [0, 0.1) is 5.92 Å². The fraction of sp³-hybridized carbons (Fsp3) is 0.438. The number of carboxylic acids is 1. The topological polar surface area (TPSA) is 124 Å². The zero-order valence-electron chi connectivity index (χ0n) is 14.5. The molecular formula is C16H21N3O6S. The molecule has 1 atom stereocenters. The molecule has 10 heteroatoms. The van der Waals surface area contributed by atoms with Gasteiger partial charge in [0.2, 0.25) is 21.8 Å². The lowest BCUT2D eigenvalue weighted by molar-refractivity contribution is -0.141. The molecule has 2 rings (SSSR count). The van der Waals surface area contributed by atoms with Gasteiger partial charge in [-0.15, -0.1) is 0 Å². The fourth-order valence-corrected chi connectivity index (χ4v) is 3.78. The lowest BCUT2D eigenvalue weighted by atomic mass is 10.1. The van der Waals surface area contributed by atoms with Gasteiger partial charge in [-0.05, 0) is 30.7 Å². The van der Waals surface area contributed by atoms with Crippen molar-refractivity contribution < 1.29 is 27.9 Å². The van der Waals surface area contributed by atoms with E-state index in [9.17, 15) is 22.8 Å². The number of nitrogens with one attached hydrogen (secondary N) is 1. The summed E-state index contributed by atoms with van der Waals surface area (Å²) in [5, 5.41) is 11.5. The summed E-state index contributed by atoms with van der Waals surface area (Å²) < 4.78 is 26.1. The van der Waals surface area contributed by atoms with Crippen LogP contribution >= 0.6 is 0 Å². The molecule has 1 saturated heterocycles. The Balaban J connectivity index is 2.03. The number of carbonyl (C=O) groups is 3. The second-order valence-corrected chi connectivity index (χ2v) is 8.18. The molecule has 0 aromatic heterocycles. The summed E-state index contributed by atoms with van der Waals surface area (Å²) in [6.45, 7) is 1.36. The molecule has 26 heavy (non-hydrogen) atoms. The van der Waals surface area contributed by atoms with Crippen LogP contribution in [0.2, 0.25) is 0 Å². The quantitative estimate of drug-likeness (QED) is 0.723. The minimum atomic E-state index is -3.88. The van der Waals surface area contributed by atoms with Gasteiger partial charge in [0.05, 0.1) is 17.4 Å². The molecule has 1 aromatic rings. The number of rotatable bonds is 6. The lowest BCUT2D eigenvalue weighted by Crippen LogP contribution is -2.40. The summed E-state index contributed by atoms with van der Waals surface area (Å²) in [6, 6.07) is 5.61. The molecule has 142 valence electrons. The van der Waals surface area contributed by atoms with Gasteiger partial charge in [0.15, 0.2) is 0 Å². The van der Waals surface area contributed by atoms with E-state index in [0.717, 1.165) is 4.31 Å². The van der Waals surface area contributed by atoms with Crippen LogP contribution in [0.15, 0.2) is 29.2 Å². The van der Waals surface area contributed by atoms with Gasteiger partial charge >= 0.3 is 5.97 Å². The first kappa shape index (κ1) is 19.9. The zero-order valence-corrected chi connectivity index (χ0v) is 15.3. The molecule has 1 heterocycles. The number of hydrogen-bond acceptors (Lipinski definition) is 5. The number of amides is 2. The summed E-state index contributed by atoms with van der Waals surface area (Å²) in [5.74, 6) is -2.27. The van der Waals surface area contributed by atoms with Gasteiger partial charge in [-0.3, -0.25) is 14.4 Å². The summed E-state index contributed by atoms with van der Waals surface area (Å²) in [7, 11) is -2.59. The Morgan fingerprint density at radius 2 is 1.88 bits per heavy atom. The third kappa shape index (κ3) is 4.58. The molecule has 0 spiro atoms. The molecule has 1 aliphatic heterocycles. The molecule has 0 saturated carbocycles.